The SMILES string of the molecule is CCCC1CCC(c2csc(N(CCC(=O)O)Cc3ccc(CC)s3)n2)CC1. The van der Waals surface area contributed by atoms with E-state index in [0.717, 1.165) is 24.0 Å². The number of carboxylic acid groups (broad SMARTS) is 1. The lowest BCUT2D eigenvalue weighted by molar-refractivity contribution is -0.136. The van der Waals surface area contributed by atoms with Gasteiger partial charge < -0.3 is 10.0 Å². The van der Waals surface area contributed by atoms with Gasteiger partial charge in [-0.3, -0.25) is 4.79 Å². The second-order valence-corrected chi connectivity index (χ2v) is 9.94. The maximum atomic E-state index is 11.1. The first kappa shape index (κ1) is 21.3. The molecule has 3 rings (SSSR count). The monoisotopic (exact) mass is 420 g/mol. The van der Waals surface area contributed by atoms with E-state index in [0.29, 0.717) is 12.5 Å². The Balaban J connectivity index is 1.67. The minimum absolute atomic E-state index is 0.142. The summed E-state index contributed by atoms with van der Waals surface area (Å²) in [7, 11) is 0. The first-order valence-electron chi connectivity index (χ1n) is 10.6. The molecule has 154 valence electrons. The molecule has 1 fully saturated rings. The first-order chi connectivity index (χ1) is 13.6. The fraction of sp³-hybridized carbons (Fsp3) is 0.636. The molecule has 4 nitrogen and oxygen atoms in total. The van der Waals surface area contributed by atoms with Gasteiger partial charge in [-0.1, -0.05) is 26.7 Å². The second-order valence-electron chi connectivity index (χ2n) is 7.85. The van der Waals surface area contributed by atoms with E-state index in [4.69, 9.17) is 10.1 Å². The lowest BCUT2D eigenvalue weighted by Gasteiger charge is -2.27. The average Bonchev–Trinajstić information content (AvgIpc) is 3.35. The molecule has 1 N–H and O–H groups in total. The summed E-state index contributed by atoms with van der Waals surface area (Å²) in [5.41, 5.74) is 1.22. The molecule has 0 saturated heterocycles. The van der Waals surface area contributed by atoms with Crippen LogP contribution in [-0.4, -0.2) is 22.6 Å². The third-order valence-corrected chi connectivity index (χ3v) is 7.88. The van der Waals surface area contributed by atoms with Crippen molar-refractivity contribution in [3.05, 3.63) is 33.0 Å². The van der Waals surface area contributed by atoms with E-state index in [2.05, 4.69) is 36.3 Å². The number of thiazole rings is 1. The van der Waals surface area contributed by atoms with E-state index in [1.165, 1.54) is 54.0 Å². The van der Waals surface area contributed by atoms with E-state index < -0.39 is 5.97 Å². The Labute approximate surface area is 176 Å². The molecule has 0 aliphatic heterocycles. The Morgan fingerprint density at radius 2 is 1.96 bits per heavy atom. The molecule has 0 atom stereocenters. The number of hydrogen-bond acceptors (Lipinski definition) is 5. The predicted molar refractivity (Wildman–Crippen MR) is 119 cm³/mol. The molecule has 6 heteroatoms. The highest BCUT2D eigenvalue weighted by atomic mass is 32.1. The van der Waals surface area contributed by atoms with Gasteiger partial charge in [0.1, 0.15) is 0 Å². The van der Waals surface area contributed by atoms with E-state index in [-0.39, 0.29) is 6.42 Å². The maximum Gasteiger partial charge on any atom is 0.305 e. The Bertz CT molecular complexity index is 747. The van der Waals surface area contributed by atoms with Crippen molar-refractivity contribution in [1.82, 2.24) is 4.98 Å². The molecule has 0 unspecified atom stereocenters. The summed E-state index contributed by atoms with van der Waals surface area (Å²) in [6, 6.07) is 4.35. The first-order valence-corrected chi connectivity index (χ1v) is 12.3. The van der Waals surface area contributed by atoms with Gasteiger partial charge in [-0.25, -0.2) is 4.98 Å². The van der Waals surface area contributed by atoms with Gasteiger partial charge >= 0.3 is 5.97 Å². The van der Waals surface area contributed by atoms with Crippen LogP contribution >= 0.6 is 22.7 Å². The minimum atomic E-state index is -0.753. The summed E-state index contributed by atoms with van der Waals surface area (Å²) >= 11 is 3.49. The molecule has 0 bridgehead atoms. The van der Waals surface area contributed by atoms with Gasteiger partial charge in [0, 0.05) is 27.6 Å². The van der Waals surface area contributed by atoms with Crippen LogP contribution in [0.3, 0.4) is 0 Å². The number of aryl methyl sites for hydroxylation is 1. The summed E-state index contributed by atoms with van der Waals surface area (Å²) < 4.78 is 0. The smallest absolute Gasteiger partial charge is 0.305 e. The third kappa shape index (κ3) is 5.80. The topological polar surface area (TPSA) is 53.4 Å². The standard InChI is InChI=1S/C22H32N2O2S2/c1-3-5-16-6-8-17(9-7-16)20-15-27-22(23-20)24(13-12-21(25)26)14-19-11-10-18(4-2)28-19/h10-11,15-17H,3-9,12-14H2,1-2H3,(H,25,26). The van der Waals surface area contributed by atoms with Crippen molar-refractivity contribution >= 4 is 33.8 Å². The van der Waals surface area contributed by atoms with E-state index in [1.807, 2.05) is 11.3 Å². The highest BCUT2D eigenvalue weighted by Crippen LogP contribution is 2.39. The van der Waals surface area contributed by atoms with Crippen LogP contribution in [0.4, 0.5) is 5.13 Å². The highest BCUT2D eigenvalue weighted by molar-refractivity contribution is 7.14. The summed E-state index contributed by atoms with van der Waals surface area (Å²) in [4.78, 5) is 20.9. The van der Waals surface area contributed by atoms with Crippen molar-refractivity contribution in [2.24, 2.45) is 5.92 Å². The Hall–Kier alpha value is -1.40. The summed E-state index contributed by atoms with van der Waals surface area (Å²) in [5, 5.41) is 12.3. The summed E-state index contributed by atoms with van der Waals surface area (Å²) in [6.07, 6.45) is 8.97. The largest absolute Gasteiger partial charge is 0.481 e. The van der Waals surface area contributed by atoms with Gasteiger partial charge in [0.05, 0.1) is 18.7 Å². The average molecular weight is 421 g/mol. The van der Waals surface area contributed by atoms with E-state index in [1.54, 1.807) is 11.3 Å². The highest BCUT2D eigenvalue weighted by Gasteiger charge is 2.24. The summed E-state index contributed by atoms with van der Waals surface area (Å²) in [6.45, 7) is 5.70. The normalized spacial score (nSPS) is 19.6. The minimum Gasteiger partial charge on any atom is -0.481 e. The van der Waals surface area contributed by atoms with Crippen LogP contribution in [0.25, 0.3) is 0 Å². The van der Waals surface area contributed by atoms with Gasteiger partial charge in [0.2, 0.25) is 0 Å². The number of thiophene rings is 1. The number of nitrogens with zero attached hydrogens (tertiary/aromatic N) is 2. The van der Waals surface area contributed by atoms with Crippen molar-refractivity contribution in [3.8, 4) is 0 Å². The Morgan fingerprint density at radius 3 is 2.61 bits per heavy atom. The molecule has 1 aliphatic carbocycles. The van der Waals surface area contributed by atoms with Crippen LogP contribution in [-0.2, 0) is 17.8 Å². The van der Waals surface area contributed by atoms with Crippen LogP contribution in [0.2, 0.25) is 0 Å². The molecule has 0 radical (unpaired) electrons. The number of carbonyl (C=O) groups is 1. The quantitative estimate of drug-likeness (QED) is 0.488. The van der Waals surface area contributed by atoms with Gasteiger partial charge in [0.15, 0.2) is 5.13 Å². The molecule has 0 amide bonds. The molecule has 2 aromatic rings. The molecule has 2 aromatic heterocycles. The lowest BCUT2D eigenvalue weighted by atomic mass is 9.79. The molecule has 1 saturated carbocycles. The maximum absolute atomic E-state index is 11.1. The van der Waals surface area contributed by atoms with Crippen LogP contribution in [0.5, 0.6) is 0 Å². The molecular weight excluding hydrogens is 388 g/mol. The Morgan fingerprint density at radius 1 is 1.21 bits per heavy atom. The number of hydrogen-bond donors (Lipinski definition) is 1. The molecular formula is C22H32N2O2S2. The van der Waals surface area contributed by atoms with Gasteiger partial charge in [-0.05, 0) is 50.2 Å². The number of anilines is 1. The molecule has 0 spiro atoms. The van der Waals surface area contributed by atoms with Crippen molar-refractivity contribution < 1.29 is 9.90 Å². The van der Waals surface area contributed by atoms with Crippen molar-refractivity contribution in [3.63, 3.8) is 0 Å². The Kier molecular flexibility index (Phi) is 7.91. The molecule has 2 heterocycles. The van der Waals surface area contributed by atoms with Crippen LogP contribution in [0.1, 0.15) is 80.2 Å². The number of aromatic nitrogens is 1. The van der Waals surface area contributed by atoms with E-state index in [9.17, 15) is 4.79 Å². The molecule has 1 aliphatic rings. The summed E-state index contributed by atoms with van der Waals surface area (Å²) in [5.74, 6) is 0.724. The van der Waals surface area contributed by atoms with E-state index >= 15 is 0 Å². The van der Waals surface area contributed by atoms with Crippen LogP contribution < -0.4 is 4.90 Å². The van der Waals surface area contributed by atoms with Crippen LogP contribution in [0.15, 0.2) is 17.5 Å². The zero-order valence-corrected chi connectivity index (χ0v) is 18.7. The number of rotatable bonds is 10. The fourth-order valence-corrected chi connectivity index (χ4v) is 6.03. The van der Waals surface area contributed by atoms with Gasteiger partial charge in [-0.15, -0.1) is 22.7 Å². The third-order valence-electron chi connectivity index (χ3n) is 5.75. The van der Waals surface area contributed by atoms with Crippen molar-refractivity contribution in [2.45, 2.75) is 77.7 Å². The lowest BCUT2D eigenvalue weighted by Crippen LogP contribution is -2.25. The number of aliphatic carboxylic acids is 1. The zero-order valence-electron chi connectivity index (χ0n) is 17.0. The zero-order chi connectivity index (χ0) is 19.9. The molecule has 28 heavy (non-hydrogen) atoms. The second kappa shape index (κ2) is 10.4. The fourth-order valence-electron chi connectivity index (χ4n) is 4.12. The molecule has 0 aromatic carbocycles. The predicted octanol–water partition coefficient (Wildman–Crippen LogP) is 6.32. The number of carboxylic acids is 1. The van der Waals surface area contributed by atoms with Crippen molar-refractivity contribution in [1.29, 1.82) is 0 Å². The van der Waals surface area contributed by atoms with Gasteiger partial charge in [0.25, 0.3) is 0 Å². The van der Waals surface area contributed by atoms with Crippen molar-refractivity contribution in [2.75, 3.05) is 11.4 Å². The van der Waals surface area contributed by atoms with Gasteiger partial charge in [-0.2, -0.15) is 0 Å². The van der Waals surface area contributed by atoms with Crippen LogP contribution in [0, 0.1) is 5.92 Å².